The number of esters is 1. The molecule has 1 aromatic carbocycles. The van der Waals surface area contributed by atoms with Crippen LogP contribution in [0.2, 0.25) is 0 Å². The van der Waals surface area contributed by atoms with Crippen molar-refractivity contribution in [2.45, 2.75) is 81.9 Å². The number of benzene rings is 1. The summed E-state index contributed by atoms with van der Waals surface area (Å²) in [6.07, 6.45) is 2.02. The lowest BCUT2D eigenvalue weighted by molar-refractivity contribution is -0.144. The van der Waals surface area contributed by atoms with Gasteiger partial charge in [-0.1, -0.05) is 49.6 Å². The zero-order valence-corrected chi connectivity index (χ0v) is 22.0. The number of amides is 2. The van der Waals surface area contributed by atoms with Gasteiger partial charge < -0.3 is 30.0 Å². The maximum atomic E-state index is 12.8. The molecule has 0 aromatic heterocycles. The quantitative estimate of drug-likeness (QED) is 0.307. The summed E-state index contributed by atoms with van der Waals surface area (Å²) >= 11 is 1.23. The molecule has 1 fully saturated rings. The maximum Gasteiger partial charge on any atom is 0.408 e. The largest absolute Gasteiger partial charge is 0.480 e. The number of carbonyl (C=O) groups is 4. The predicted octanol–water partition coefficient (Wildman–Crippen LogP) is 3.87. The van der Waals surface area contributed by atoms with E-state index in [0.717, 1.165) is 24.8 Å². The standard InChI is InChI=1S/C25H36N2O8S/c1-24(2,3)35-23(32)27-19(21(30)33-4)25(13-9-6-10-14-25)36-16-18(20(28)29)26-22(31)34-15-17-11-7-5-8-12-17/h5,7-8,11-12,18-19H,6,9-10,13-16H2,1-4H3,(H,26,31)(H,27,32)(H,28,29)/t18-,19?/m1/s1. The number of hydrogen-bond donors (Lipinski definition) is 3. The number of nitrogens with one attached hydrogen (secondary N) is 2. The number of carboxylic acids is 1. The van der Waals surface area contributed by atoms with E-state index in [1.165, 1.54) is 18.9 Å². The van der Waals surface area contributed by atoms with Crippen molar-refractivity contribution in [2.75, 3.05) is 12.9 Å². The highest BCUT2D eigenvalue weighted by Gasteiger charge is 2.47. The third-order valence-corrected chi connectivity index (χ3v) is 7.38. The second-order valence-corrected chi connectivity index (χ2v) is 11.1. The van der Waals surface area contributed by atoms with Gasteiger partial charge in [0.1, 0.15) is 24.3 Å². The molecule has 1 saturated carbocycles. The van der Waals surface area contributed by atoms with Crippen molar-refractivity contribution in [3.05, 3.63) is 35.9 Å². The van der Waals surface area contributed by atoms with Gasteiger partial charge in [-0.2, -0.15) is 0 Å². The fourth-order valence-electron chi connectivity index (χ4n) is 3.95. The van der Waals surface area contributed by atoms with Crippen molar-refractivity contribution in [1.82, 2.24) is 10.6 Å². The first-order valence-electron chi connectivity index (χ1n) is 11.9. The van der Waals surface area contributed by atoms with Crippen LogP contribution in [0.15, 0.2) is 30.3 Å². The van der Waals surface area contributed by atoms with Crippen molar-refractivity contribution in [2.24, 2.45) is 0 Å². The Kier molecular flexibility index (Phi) is 10.9. The molecule has 0 aliphatic heterocycles. The van der Waals surface area contributed by atoms with Crippen LogP contribution in [-0.2, 0) is 30.4 Å². The topological polar surface area (TPSA) is 140 Å². The molecule has 1 aliphatic carbocycles. The molecule has 0 radical (unpaired) electrons. The molecule has 1 unspecified atom stereocenters. The monoisotopic (exact) mass is 524 g/mol. The number of carboxylic acid groups (broad SMARTS) is 1. The maximum absolute atomic E-state index is 12.8. The number of alkyl carbamates (subject to hydrolysis) is 2. The van der Waals surface area contributed by atoms with E-state index < -0.39 is 46.6 Å². The summed E-state index contributed by atoms with van der Waals surface area (Å²) in [6, 6.07) is 6.70. The minimum Gasteiger partial charge on any atom is -0.480 e. The predicted molar refractivity (Wildman–Crippen MR) is 135 cm³/mol. The highest BCUT2D eigenvalue weighted by Crippen LogP contribution is 2.43. The minimum atomic E-state index is -1.27. The van der Waals surface area contributed by atoms with Crippen molar-refractivity contribution < 1.29 is 38.5 Å². The third kappa shape index (κ3) is 9.25. The van der Waals surface area contributed by atoms with Gasteiger partial charge in [0, 0.05) is 10.5 Å². The second-order valence-electron chi connectivity index (χ2n) is 9.64. The summed E-state index contributed by atoms with van der Waals surface area (Å²) in [5, 5.41) is 14.8. The fourth-order valence-corrected chi connectivity index (χ4v) is 5.57. The summed E-state index contributed by atoms with van der Waals surface area (Å²) in [4.78, 5) is 49.5. The molecule has 200 valence electrons. The molecule has 3 N–H and O–H groups in total. The SMILES string of the molecule is COC(=O)C(NC(=O)OC(C)(C)C)C1(SC[C@@H](NC(=O)OCc2ccccc2)C(=O)O)CCCCC1. The van der Waals surface area contributed by atoms with Crippen LogP contribution in [0, 0.1) is 0 Å². The second kappa shape index (κ2) is 13.4. The number of aliphatic carboxylic acids is 1. The molecule has 1 aliphatic rings. The first-order valence-corrected chi connectivity index (χ1v) is 12.9. The van der Waals surface area contributed by atoms with Crippen LogP contribution in [-0.4, -0.2) is 64.5 Å². The highest BCUT2D eigenvalue weighted by molar-refractivity contribution is 8.00. The number of hydrogen-bond acceptors (Lipinski definition) is 8. The molecule has 0 heterocycles. The summed E-state index contributed by atoms with van der Waals surface area (Å²) in [6.45, 7) is 5.14. The highest BCUT2D eigenvalue weighted by atomic mass is 32.2. The van der Waals surface area contributed by atoms with Crippen LogP contribution in [0.4, 0.5) is 9.59 Å². The van der Waals surface area contributed by atoms with Crippen LogP contribution in [0.3, 0.4) is 0 Å². The van der Waals surface area contributed by atoms with Gasteiger partial charge in [0.05, 0.1) is 7.11 Å². The molecule has 2 rings (SSSR count). The molecular formula is C25H36N2O8S. The fraction of sp³-hybridized carbons (Fsp3) is 0.600. The van der Waals surface area contributed by atoms with Crippen LogP contribution >= 0.6 is 11.8 Å². The van der Waals surface area contributed by atoms with Crippen LogP contribution in [0.5, 0.6) is 0 Å². The number of thioether (sulfide) groups is 1. The van der Waals surface area contributed by atoms with E-state index in [9.17, 15) is 24.3 Å². The van der Waals surface area contributed by atoms with E-state index >= 15 is 0 Å². The molecular weight excluding hydrogens is 488 g/mol. The molecule has 10 nitrogen and oxygen atoms in total. The Morgan fingerprint density at radius 2 is 1.67 bits per heavy atom. The lowest BCUT2D eigenvalue weighted by atomic mass is 9.82. The zero-order chi connectivity index (χ0) is 26.8. The Balaban J connectivity index is 2.12. The lowest BCUT2D eigenvalue weighted by Crippen LogP contribution is -2.58. The zero-order valence-electron chi connectivity index (χ0n) is 21.2. The smallest absolute Gasteiger partial charge is 0.408 e. The van der Waals surface area contributed by atoms with Crippen molar-refractivity contribution in [1.29, 1.82) is 0 Å². The summed E-state index contributed by atoms with van der Waals surface area (Å²) in [5.41, 5.74) is -0.0000258. The van der Waals surface area contributed by atoms with E-state index in [4.69, 9.17) is 14.2 Å². The number of carbonyl (C=O) groups excluding carboxylic acids is 3. The van der Waals surface area contributed by atoms with Crippen molar-refractivity contribution in [3.63, 3.8) is 0 Å². The van der Waals surface area contributed by atoms with Gasteiger partial charge in [-0.05, 0) is 39.2 Å². The summed E-state index contributed by atoms with van der Waals surface area (Å²) in [5.74, 6) is -1.92. The van der Waals surface area contributed by atoms with Gasteiger partial charge in [0.2, 0.25) is 0 Å². The molecule has 2 amide bonds. The van der Waals surface area contributed by atoms with Crippen molar-refractivity contribution >= 4 is 35.9 Å². The molecule has 0 bridgehead atoms. The van der Waals surface area contributed by atoms with E-state index in [2.05, 4.69) is 10.6 Å². The van der Waals surface area contributed by atoms with Crippen LogP contribution < -0.4 is 10.6 Å². The average molecular weight is 525 g/mol. The molecule has 0 spiro atoms. The number of rotatable bonds is 10. The van der Waals surface area contributed by atoms with Gasteiger partial charge in [-0.15, -0.1) is 11.8 Å². The number of methoxy groups -OCH3 is 1. The van der Waals surface area contributed by atoms with Crippen LogP contribution in [0.25, 0.3) is 0 Å². The lowest BCUT2D eigenvalue weighted by Gasteiger charge is -2.42. The van der Waals surface area contributed by atoms with Gasteiger partial charge in [-0.3, -0.25) is 0 Å². The summed E-state index contributed by atoms with van der Waals surface area (Å²) < 4.78 is 14.7. The Morgan fingerprint density at radius 3 is 2.22 bits per heavy atom. The van der Waals surface area contributed by atoms with Gasteiger partial charge in [-0.25, -0.2) is 19.2 Å². The van der Waals surface area contributed by atoms with Crippen molar-refractivity contribution in [3.8, 4) is 0 Å². The molecule has 0 saturated heterocycles. The Hall–Kier alpha value is -2.95. The third-order valence-electron chi connectivity index (χ3n) is 5.66. The Bertz CT molecular complexity index is 897. The normalized spacial score (nSPS) is 16.7. The minimum absolute atomic E-state index is 0.000313. The van der Waals surface area contributed by atoms with Gasteiger partial charge in [0.15, 0.2) is 0 Å². The van der Waals surface area contributed by atoms with E-state index in [1.807, 2.05) is 6.07 Å². The van der Waals surface area contributed by atoms with E-state index in [0.29, 0.717) is 12.8 Å². The first-order chi connectivity index (χ1) is 17.0. The van der Waals surface area contributed by atoms with Crippen LogP contribution in [0.1, 0.15) is 58.4 Å². The molecule has 2 atom stereocenters. The summed E-state index contributed by atoms with van der Waals surface area (Å²) in [7, 11) is 1.23. The van der Waals surface area contributed by atoms with E-state index in [-0.39, 0.29) is 12.4 Å². The Labute approximate surface area is 215 Å². The Morgan fingerprint density at radius 1 is 1.03 bits per heavy atom. The average Bonchev–Trinajstić information content (AvgIpc) is 2.83. The molecule has 1 aromatic rings. The molecule has 36 heavy (non-hydrogen) atoms. The van der Waals surface area contributed by atoms with E-state index in [1.54, 1.807) is 45.0 Å². The molecule has 11 heteroatoms. The van der Waals surface area contributed by atoms with Gasteiger partial charge in [0.25, 0.3) is 0 Å². The van der Waals surface area contributed by atoms with Gasteiger partial charge >= 0.3 is 24.1 Å². The number of ether oxygens (including phenoxy) is 3. The first kappa shape index (κ1) is 29.3.